The summed E-state index contributed by atoms with van der Waals surface area (Å²) in [6.45, 7) is 4.18. The van der Waals surface area contributed by atoms with Crippen molar-refractivity contribution in [3.63, 3.8) is 0 Å². The number of aromatic nitrogens is 2. The number of Topliss-reactive ketones (excluding diaryl/α,β-unsaturated/α-hetero) is 1. The fraction of sp³-hybridized carbons (Fsp3) is 0.667. The average Bonchev–Trinajstić information content (AvgIpc) is 2.57. The third-order valence-electron chi connectivity index (χ3n) is 2.58. The van der Waals surface area contributed by atoms with Crippen LogP contribution in [0.15, 0.2) is 6.07 Å². The van der Waals surface area contributed by atoms with E-state index in [-0.39, 0.29) is 0 Å². The van der Waals surface area contributed by atoms with Crippen molar-refractivity contribution >= 4 is 5.78 Å². The Morgan fingerprint density at radius 2 is 2.20 bits per heavy atom. The smallest absolute Gasteiger partial charge is 0.138 e. The first-order chi connectivity index (χ1) is 7.17. The molecule has 84 valence electrons. The summed E-state index contributed by atoms with van der Waals surface area (Å²) >= 11 is 0. The van der Waals surface area contributed by atoms with Gasteiger partial charge in [0, 0.05) is 25.6 Å². The summed E-state index contributed by atoms with van der Waals surface area (Å²) in [5.74, 6) is 0.322. The van der Waals surface area contributed by atoms with E-state index in [4.69, 9.17) is 0 Å². The zero-order valence-corrected chi connectivity index (χ0v) is 9.92. The van der Waals surface area contributed by atoms with Gasteiger partial charge in [0.1, 0.15) is 5.78 Å². The molecule has 0 N–H and O–H groups in total. The van der Waals surface area contributed by atoms with E-state index < -0.39 is 0 Å². The molecule has 0 unspecified atom stereocenters. The molecule has 0 saturated carbocycles. The Hall–Kier alpha value is -1.12. The van der Waals surface area contributed by atoms with Crippen molar-refractivity contribution in [3.05, 3.63) is 17.5 Å². The van der Waals surface area contributed by atoms with E-state index >= 15 is 0 Å². The number of hydrogen-bond acceptors (Lipinski definition) is 2. The van der Waals surface area contributed by atoms with Crippen LogP contribution < -0.4 is 0 Å². The van der Waals surface area contributed by atoms with E-state index in [1.807, 2.05) is 17.8 Å². The molecule has 1 rings (SSSR count). The fourth-order valence-electron chi connectivity index (χ4n) is 1.57. The molecule has 0 amide bonds. The molecular weight excluding hydrogens is 188 g/mol. The molecule has 0 aliphatic heterocycles. The Morgan fingerprint density at radius 3 is 2.73 bits per heavy atom. The van der Waals surface area contributed by atoms with E-state index in [2.05, 4.69) is 18.9 Å². The Bertz CT molecular complexity index is 328. The number of hydrogen-bond donors (Lipinski definition) is 0. The van der Waals surface area contributed by atoms with E-state index in [0.717, 1.165) is 30.7 Å². The molecule has 3 nitrogen and oxygen atoms in total. The lowest BCUT2D eigenvalue weighted by atomic mass is 10.1. The average molecular weight is 208 g/mol. The van der Waals surface area contributed by atoms with E-state index in [1.165, 1.54) is 0 Å². The van der Waals surface area contributed by atoms with Crippen LogP contribution in [0.25, 0.3) is 0 Å². The Morgan fingerprint density at radius 1 is 1.47 bits per heavy atom. The highest BCUT2D eigenvalue weighted by atomic mass is 16.1. The van der Waals surface area contributed by atoms with E-state index in [0.29, 0.717) is 18.6 Å². The zero-order chi connectivity index (χ0) is 11.3. The van der Waals surface area contributed by atoms with E-state index in [1.54, 1.807) is 0 Å². The molecule has 0 fully saturated rings. The minimum absolute atomic E-state index is 0.322. The zero-order valence-electron chi connectivity index (χ0n) is 9.92. The number of unbranched alkanes of at least 4 members (excludes halogenated alkanes) is 1. The summed E-state index contributed by atoms with van der Waals surface area (Å²) in [7, 11) is 1.90. The SMILES string of the molecule is CCCCC(=O)Cc1cc(CC)nn1C. The van der Waals surface area contributed by atoms with Crippen LogP contribution in [0.2, 0.25) is 0 Å². The van der Waals surface area contributed by atoms with Crippen molar-refractivity contribution < 1.29 is 4.79 Å². The predicted molar refractivity (Wildman–Crippen MR) is 60.8 cm³/mol. The molecule has 0 saturated heterocycles. The molecule has 15 heavy (non-hydrogen) atoms. The van der Waals surface area contributed by atoms with Crippen LogP contribution in [0.3, 0.4) is 0 Å². The number of nitrogens with zero attached hydrogens (tertiary/aromatic N) is 2. The van der Waals surface area contributed by atoms with Crippen molar-refractivity contribution in [1.29, 1.82) is 0 Å². The maximum absolute atomic E-state index is 11.6. The van der Waals surface area contributed by atoms with Crippen LogP contribution in [-0.2, 0) is 24.7 Å². The van der Waals surface area contributed by atoms with Crippen LogP contribution in [0.4, 0.5) is 0 Å². The molecule has 0 spiro atoms. The maximum Gasteiger partial charge on any atom is 0.138 e. The summed E-state index contributed by atoms with van der Waals surface area (Å²) in [5.41, 5.74) is 2.10. The van der Waals surface area contributed by atoms with Gasteiger partial charge in [-0.05, 0) is 18.9 Å². The predicted octanol–water partition coefficient (Wildman–Crippen LogP) is 2.28. The summed E-state index contributed by atoms with van der Waals surface area (Å²) in [4.78, 5) is 11.6. The van der Waals surface area contributed by atoms with Gasteiger partial charge in [0.2, 0.25) is 0 Å². The standard InChI is InChI=1S/C12H20N2O/c1-4-6-7-12(15)9-11-8-10(5-2)13-14(11)3/h8H,4-7,9H2,1-3H3. The summed E-state index contributed by atoms with van der Waals surface area (Å²) in [6, 6.07) is 2.03. The third kappa shape index (κ3) is 3.50. The number of aryl methyl sites for hydroxylation is 2. The van der Waals surface area contributed by atoms with Crippen LogP contribution >= 0.6 is 0 Å². The van der Waals surface area contributed by atoms with Gasteiger partial charge in [-0.1, -0.05) is 20.3 Å². The van der Waals surface area contributed by atoms with Crippen molar-refractivity contribution in [2.45, 2.75) is 46.0 Å². The number of rotatable bonds is 6. The van der Waals surface area contributed by atoms with Crippen molar-refractivity contribution in [3.8, 4) is 0 Å². The lowest BCUT2D eigenvalue weighted by molar-refractivity contribution is -0.118. The van der Waals surface area contributed by atoms with Crippen molar-refractivity contribution in [1.82, 2.24) is 9.78 Å². The number of carbonyl (C=O) groups is 1. The first kappa shape index (κ1) is 12.0. The Kier molecular flexibility index (Phi) is 4.53. The van der Waals surface area contributed by atoms with Crippen LogP contribution in [-0.4, -0.2) is 15.6 Å². The highest BCUT2D eigenvalue weighted by Gasteiger charge is 2.08. The molecule has 3 heteroatoms. The highest BCUT2D eigenvalue weighted by Crippen LogP contribution is 2.07. The molecule has 0 aromatic carbocycles. The highest BCUT2D eigenvalue weighted by molar-refractivity contribution is 5.80. The normalized spacial score (nSPS) is 10.6. The molecule has 0 aliphatic carbocycles. The number of ketones is 1. The second kappa shape index (κ2) is 5.69. The summed E-state index contributed by atoms with van der Waals surface area (Å²) in [6.07, 6.45) is 4.23. The molecule has 1 heterocycles. The lowest BCUT2D eigenvalue weighted by Crippen LogP contribution is -2.07. The summed E-state index contributed by atoms with van der Waals surface area (Å²) < 4.78 is 1.82. The number of carbonyl (C=O) groups excluding carboxylic acids is 1. The van der Waals surface area contributed by atoms with Crippen LogP contribution in [0.1, 0.15) is 44.5 Å². The molecular formula is C12H20N2O. The lowest BCUT2D eigenvalue weighted by Gasteiger charge is -2.00. The topological polar surface area (TPSA) is 34.9 Å². The van der Waals surface area contributed by atoms with Gasteiger partial charge in [0.15, 0.2) is 0 Å². The fourth-order valence-corrected chi connectivity index (χ4v) is 1.57. The van der Waals surface area contributed by atoms with Gasteiger partial charge in [0.05, 0.1) is 5.69 Å². The summed E-state index contributed by atoms with van der Waals surface area (Å²) in [5, 5.41) is 4.33. The van der Waals surface area contributed by atoms with E-state index in [9.17, 15) is 4.79 Å². The minimum Gasteiger partial charge on any atom is -0.299 e. The molecule has 0 radical (unpaired) electrons. The second-order valence-corrected chi connectivity index (χ2v) is 3.92. The molecule has 0 atom stereocenters. The van der Waals surface area contributed by atoms with Gasteiger partial charge < -0.3 is 0 Å². The van der Waals surface area contributed by atoms with Crippen molar-refractivity contribution in [2.24, 2.45) is 7.05 Å². The molecule has 0 bridgehead atoms. The molecule has 1 aromatic rings. The first-order valence-corrected chi connectivity index (χ1v) is 5.70. The third-order valence-corrected chi connectivity index (χ3v) is 2.58. The van der Waals surface area contributed by atoms with Gasteiger partial charge in [-0.3, -0.25) is 9.48 Å². The largest absolute Gasteiger partial charge is 0.299 e. The van der Waals surface area contributed by atoms with Crippen molar-refractivity contribution in [2.75, 3.05) is 0 Å². The monoisotopic (exact) mass is 208 g/mol. The minimum atomic E-state index is 0.322. The Balaban J connectivity index is 2.55. The van der Waals surface area contributed by atoms with Gasteiger partial charge in [-0.2, -0.15) is 5.10 Å². The van der Waals surface area contributed by atoms with Gasteiger partial charge in [0.25, 0.3) is 0 Å². The maximum atomic E-state index is 11.6. The molecule has 1 aromatic heterocycles. The first-order valence-electron chi connectivity index (χ1n) is 5.70. The van der Waals surface area contributed by atoms with Gasteiger partial charge >= 0.3 is 0 Å². The van der Waals surface area contributed by atoms with Crippen LogP contribution in [0, 0.1) is 0 Å². The molecule has 0 aliphatic rings. The Labute approximate surface area is 91.5 Å². The van der Waals surface area contributed by atoms with Crippen LogP contribution in [0.5, 0.6) is 0 Å². The van der Waals surface area contributed by atoms with Gasteiger partial charge in [-0.15, -0.1) is 0 Å². The van der Waals surface area contributed by atoms with Gasteiger partial charge in [-0.25, -0.2) is 0 Å². The quantitative estimate of drug-likeness (QED) is 0.719. The second-order valence-electron chi connectivity index (χ2n) is 3.92.